The number of nitrogens with zero attached hydrogens (tertiary/aromatic N) is 4. The van der Waals surface area contributed by atoms with Crippen LogP contribution in [0.3, 0.4) is 0 Å². The Bertz CT molecular complexity index is 355. The zero-order valence-electron chi connectivity index (χ0n) is 16.9. The molecule has 0 bridgehead atoms. The van der Waals surface area contributed by atoms with Crippen molar-refractivity contribution in [3.8, 4) is 0 Å². The van der Waals surface area contributed by atoms with Crippen LogP contribution >= 0.6 is 0 Å². The molecule has 0 aliphatic carbocycles. The van der Waals surface area contributed by atoms with E-state index < -0.39 is 0 Å². The number of likely N-dealkylation sites (N-methyl/N-ethyl adjacent to an activating group) is 3. The molecule has 0 fully saturated rings. The number of amides is 3. The van der Waals surface area contributed by atoms with Gasteiger partial charge in [-0.05, 0) is 41.5 Å². The molecule has 0 aromatic carbocycles. The van der Waals surface area contributed by atoms with Crippen LogP contribution in [0.1, 0.15) is 41.5 Å². The Balaban J connectivity index is 5.12. The van der Waals surface area contributed by atoms with Crippen molar-refractivity contribution in [2.45, 2.75) is 41.5 Å². The van der Waals surface area contributed by atoms with Gasteiger partial charge in [0.25, 0.3) is 0 Å². The van der Waals surface area contributed by atoms with E-state index in [0.29, 0.717) is 39.3 Å². The van der Waals surface area contributed by atoms with Gasteiger partial charge in [0, 0.05) is 39.3 Å². The van der Waals surface area contributed by atoms with Crippen LogP contribution in [0.5, 0.6) is 0 Å². The average molecular weight is 357 g/mol. The van der Waals surface area contributed by atoms with Crippen molar-refractivity contribution in [3.05, 3.63) is 0 Å². The van der Waals surface area contributed by atoms with Gasteiger partial charge in [-0.1, -0.05) is 0 Å². The van der Waals surface area contributed by atoms with Crippen molar-refractivity contribution in [3.63, 3.8) is 0 Å². The lowest BCUT2D eigenvalue weighted by molar-refractivity contribution is -0.138. The normalized spacial score (nSPS) is 10.7. The maximum Gasteiger partial charge on any atom is 0.236 e. The monoisotopic (exact) mass is 356 g/mol. The number of carbonyl (C=O) groups excluding carboxylic acids is 3. The lowest BCUT2D eigenvalue weighted by Gasteiger charge is -2.29. The molecule has 0 saturated carbocycles. The van der Waals surface area contributed by atoms with Crippen LogP contribution in [0.25, 0.3) is 0 Å². The Labute approximate surface area is 152 Å². The van der Waals surface area contributed by atoms with Crippen LogP contribution in [0.2, 0.25) is 0 Å². The molecule has 25 heavy (non-hydrogen) atoms. The highest BCUT2D eigenvalue weighted by atomic mass is 16.2. The number of rotatable bonds is 12. The summed E-state index contributed by atoms with van der Waals surface area (Å²) in [5.41, 5.74) is 0. The lowest BCUT2D eigenvalue weighted by Crippen LogP contribution is -2.49. The second-order valence-corrected chi connectivity index (χ2v) is 5.84. The minimum Gasteiger partial charge on any atom is -0.342 e. The van der Waals surface area contributed by atoms with Crippen LogP contribution in [-0.4, -0.2) is 96.2 Å². The third-order valence-electron chi connectivity index (χ3n) is 4.43. The Morgan fingerprint density at radius 3 is 0.840 bits per heavy atom. The lowest BCUT2D eigenvalue weighted by atomic mass is 10.3. The second-order valence-electron chi connectivity index (χ2n) is 5.84. The van der Waals surface area contributed by atoms with E-state index in [0.717, 1.165) is 0 Å². The third-order valence-corrected chi connectivity index (χ3v) is 4.43. The molecule has 0 aromatic rings. The molecule has 0 unspecified atom stereocenters. The molecule has 0 rings (SSSR count). The summed E-state index contributed by atoms with van der Waals surface area (Å²) in [6.45, 7) is 15.5. The largest absolute Gasteiger partial charge is 0.342 e. The van der Waals surface area contributed by atoms with E-state index in [4.69, 9.17) is 0 Å². The van der Waals surface area contributed by atoms with Gasteiger partial charge in [-0.25, -0.2) is 0 Å². The highest BCUT2D eigenvalue weighted by Gasteiger charge is 2.23. The number of hydrogen-bond donors (Lipinski definition) is 0. The average Bonchev–Trinajstić information content (AvgIpc) is 2.57. The van der Waals surface area contributed by atoms with E-state index in [2.05, 4.69) is 0 Å². The second kappa shape index (κ2) is 12.7. The molecule has 0 atom stereocenters. The predicted octanol–water partition coefficient (Wildman–Crippen LogP) is 0.894. The molecule has 0 heterocycles. The standard InChI is InChI=1S/C18H36N4O3/c1-7-20(8-2)16(23)13-19(14-17(24)21(9-3)10-4)15-18(25)22(11-5)12-6/h7-15H2,1-6H3. The Hall–Kier alpha value is -1.63. The molecular formula is C18H36N4O3. The molecular weight excluding hydrogens is 320 g/mol. The maximum absolute atomic E-state index is 12.4. The fourth-order valence-electron chi connectivity index (χ4n) is 2.77. The first-order valence-electron chi connectivity index (χ1n) is 9.43. The molecule has 0 radical (unpaired) electrons. The summed E-state index contributed by atoms with van der Waals surface area (Å²) in [6, 6.07) is 0. The summed E-state index contributed by atoms with van der Waals surface area (Å²) in [5, 5.41) is 0. The first-order chi connectivity index (χ1) is 11.9. The molecule has 0 aliphatic rings. The first kappa shape index (κ1) is 23.4. The molecule has 0 aliphatic heterocycles. The summed E-state index contributed by atoms with van der Waals surface area (Å²) < 4.78 is 0. The maximum atomic E-state index is 12.4. The van der Waals surface area contributed by atoms with Crippen molar-refractivity contribution in [1.82, 2.24) is 19.6 Å². The van der Waals surface area contributed by atoms with Crippen LogP contribution in [-0.2, 0) is 14.4 Å². The predicted molar refractivity (Wildman–Crippen MR) is 100 cm³/mol. The van der Waals surface area contributed by atoms with E-state index >= 15 is 0 Å². The van der Waals surface area contributed by atoms with Gasteiger partial charge in [0.2, 0.25) is 17.7 Å². The van der Waals surface area contributed by atoms with Crippen LogP contribution in [0.4, 0.5) is 0 Å². The fourth-order valence-corrected chi connectivity index (χ4v) is 2.77. The fraction of sp³-hybridized carbons (Fsp3) is 0.833. The van der Waals surface area contributed by atoms with E-state index in [1.165, 1.54) is 0 Å². The highest BCUT2D eigenvalue weighted by molar-refractivity contribution is 5.84. The number of carbonyl (C=O) groups is 3. The SMILES string of the molecule is CCN(CC)C(=O)CN(CC(=O)N(CC)CC)CC(=O)N(CC)CC. The van der Waals surface area contributed by atoms with E-state index in [1.807, 2.05) is 41.5 Å². The van der Waals surface area contributed by atoms with Gasteiger partial charge in [-0.15, -0.1) is 0 Å². The first-order valence-corrected chi connectivity index (χ1v) is 9.43. The van der Waals surface area contributed by atoms with Gasteiger partial charge >= 0.3 is 0 Å². The molecule has 0 saturated heterocycles. The Kier molecular flexibility index (Phi) is 11.9. The van der Waals surface area contributed by atoms with Crippen molar-refractivity contribution in [2.24, 2.45) is 0 Å². The van der Waals surface area contributed by atoms with E-state index in [-0.39, 0.29) is 37.4 Å². The topological polar surface area (TPSA) is 64.2 Å². The van der Waals surface area contributed by atoms with Crippen molar-refractivity contribution in [1.29, 1.82) is 0 Å². The van der Waals surface area contributed by atoms with Crippen LogP contribution in [0.15, 0.2) is 0 Å². The van der Waals surface area contributed by atoms with E-state index in [1.54, 1.807) is 19.6 Å². The summed E-state index contributed by atoms with van der Waals surface area (Å²) in [4.78, 5) is 44.1. The quantitative estimate of drug-likeness (QED) is 0.521. The summed E-state index contributed by atoms with van der Waals surface area (Å²) in [5.74, 6) is -0.154. The van der Waals surface area contributed by atoms with Gasteiger partial charge in [-0.3, -0.25) is 19.3 Å². The summed E-state index contributed by atoms with van der Waals surface area (Å²) in [7, 11) is 0. The van der Waals surface area contributed by atoms with Gasteiger partial charge in [0.15, 0.2) is 0 Å². The summed E-state index contributed by atoms with van der Waals surface area (Å²) in [6.07, 6.45) is 0. The van der Waals surface area contributed by atoms with Gasteiger partial charge in [0.1, 0.15) is 0 Å². The Morgan fingerprint density at radius 1 is 0.480 bits per heavy atom. The van der Waals surface area contributed by atoms with Crippen molar-refractivity contribution < 1.29 is 14.4 Å². The Morgan fingerprint density at radius 2 is 0.680 bits per heavy atom. The molecule has 0 N–H and O–H groups in total. The van der Waals surface area contributed by atoms with Gasteiger partial charge in [-0.2, -0.15) is 0 Å². The smallest absolute Gasteiger partial charge is 0.236 e. The van der Waals surface area contributed by atoms with Crippen molar-refractivity contribution >= 4 is 17.7 Å². The van der Waals surface area contributed by atoms with Crippen molar-refractivity contribution in [2.75, 3.05) is 58.9 Å². The van der Waals surface area contributed by atoms with Gasteiger partial charge < -0.3 is 14.7 Å². The highest BCUT2D eigenvalue weighted by Crippen LogP contribution is 2.01. The van der Waals surface area contributed by atoms with Gasteiger partial charge in [0.05, 0.1) is 19.6 Å². The zero-order valence-corrected chi connectivity index (χ0v) is 16.9. The molecule has 0 aromatic heterocycles. The summed E-state index contributed by atoms with van der Waals surface area (Å²) >= 11 is 0. The molecule has 3 amide bonds. The molecule has 146 valence electrons. The molecule has 0 spiro atoms. The van der Waals surface area contributed by atoms with Crippen LogP contribution in [0, 0.1) is 0 Å². The molecule has 7 nitrogen and oxygen atoms in total. The number of hydrogen-bond acceptors (Lipinski definition) is 4. The minimum atomic E-state index is -0.0512. The molecule has 7 heteroatoms. The third kappa shape index (κ3) is 7.86. The minimum absolute atomic E-state index is 0.0512. The van der Waals surface area contributed by atoms with Crippen LogP contribution < -0.4 is 0 Å². The van der Waals surface area contributed by atoms with E-state index in [9.17, 15) is 14.4 Å². The zero-order chi connectivity index (χ0) is 19.4.